The van der Waals surface area contributed by atoms with Gasteiger partial charge in [0.25, 0.3) is 0 Å². The van der Waals surface area contributed by atoms with E-state index in [4.69, 9.17) is 9.47 Å². The molecule has 0 aromatic heterocycles. The van der Waals surface area contributed by atoms with Gasteiger partial charge >= 0.3 is 0 Å². The molecule has 1 atom stereocenters. The van der Waals surface area contributed by atoms with Gasteiger partial charge in [0, 0.05) is 25.7 Å². The maximum absolute atomic E-state index is 5.37. The van der Waals surface area contributed by atoms with E-state index in [-0.39, 0.29) is 6.04 Å². The van der Waals surface area contributed by atoms with Crippen molar-refractivity contribution in [2.75, 3.05) is 33.9 Å². The van der Waals surface area contributed by atoms with E-state index in [2.05, 4.69) is 64.8 Å². The van der Waals surface area contributed by atoms with Crippen molar-refractivity contribution in [1.29, 1.82) is 0 Å². The van der Waals surface area contributed by atoms with Crippen molar-refractivity contribution in [3.05, 3.63) is 95.6 Å². The second-order valence-electron chi connectivity index (χ2n) is 7.36. The average molecular weight is 389 g/mol. The van der Waals surface area contributed by atoms with Crippen molar-refractivity contribution < 1.29 is 9.47 Å². The zero-order chi connectivity index (χ0) is 20.1. The summed E-state index contributed by atoms with van der Waals surface area (Å²) in [7, 11) is 3.41. The smallest absolute Gasteiger partial charge is 0.118 e. The van der Waals surface area contributed by atoms with E-state index >= 15 is 0 Å². The Morgan fingerprint density at radius 1 is 0.793 bits per heavy atom. The molecule has 1 heterocycles. The Hall–Kier alpha value is -2.82. The first-order valence-electron chi connectivity index (χ1n) is 10.1. The summed E-state index contributed by atoms with van der Waals surface area (Å²) < 4.78 is 10.7. The SMILES string of the molecule is COc1ccc(C(c2ccc(OC)cc2)N2CCNC(c3ccccc3)C2)cc1. The Kier molecular flexibility index (Phi) is 6.13. The lowest BCUT2D eigenvalue weighted by Crippen LogP contribution is -2.47. The molecule has 3 aromatic rings. The Labute approximate surface area is 173 Å². The van der Waals surface area contributed by atoms with Crippen LogP contribution in [-0.2, 0) is 0 Å². The van der Waals surface area contributed by atoms with Gasteiger partial charge in [0.2, 0.25) is 0 Å². The molecule has 4 rings (SSSR count). The van der Waals surface area contributed by atoms with E-state index in [0.717, 1.165) is 31.1 Å². The van der Waals surface area contributed by atoms with Crippen LogP contribution in [0.15, 0.2) is 78.9 Å². The highest BCUT2D eigenvalue weighted by molar-refractivity contribution is 5.38. The minimum atomic E-state index is 0.181. The van der Waals surface area contributed by atoms with Gasteiger partial charge in [0.1, 0.15) is 11.5 Å². The van der Waals surface area contributed by atoms with Gasteiger partial charge in [-0.05, 0) is 41.0 Å². The van der Waals surface area contributed by atoms with Crippen LogP contribution in [0.25, 0.3) is 0 Å². The Morgan fingerprint density at radius 3 is 1.86 bits per heavy atom. The quantitative estimate of drug-likeness (QED) is 0.677. The predicted octanol–water partition coefficient (Wildman–Crippen LogP) is 4.44. The summed E-state index contributed by atoms with van der Waals surface area (Å²) in [6.45, 7) is 2.90. The van der Waals surface area contributed by atoms with Crippen LogP contribution in [0, 0.1) is 0 Å². The van der Waals surface area contributed by atoms with E-state index in [1.54, 1.807) is 14.2 Å². The number of nitrogens with one attached hydrogen (secondary N) is 1. The molecular weight excluding hydrogens is 360 g/mol. The summed E-state index contributed by atoms with van der Waals surface area (Å²) in [6.07, 6.45) is 0. The minimum absolute atomic E-state index is 0.181. The fourth-order valence-corrected chi connectivity index (χ4v) is 4.10. The fraction of sp³-hybridized carbons (Fsp3) is 0.280. The number of nitrogens with zero attached hydrogens (tertiary/aromatic N) is 1. The third-order valence-corrected chi connectivity index (χ3v) is 5.64. The molecule has 29 heavy (non-hydrogen) atoms. The Morgan fingerprint density at radius 2 is 1.34 bits per heavy atom. The molecule has 1 N–H and O–H groups in total. The molecule has 0 radical (unpaired) electrons. The van der Waals surface area contributed by atoms with Crippen LogP contribution in [-0.4, -0.2) is 38.8 Å². The van der Waals surface area contributed by atoms with E-state index in [1.807, 2.05) is 24.3 Å². The Balaban J connectivity index is 1.66. The zero-order valence-electron chi connectivity index (χ0n) is 17.0. The summed E-state index contributed by atoms with van der Waals surface area (Å²) in [5.41, 5.74) is 3.87. The molecule has 0 spiro atoms. The van der Waals surface area contributed by atoms with Crippen molar-refractivity contribution >= 4 is 0 Å². The maximum atomic E-state index is 5.37. The third kappa shape index (κ3) is 4.44. The molecule has 4 heteroatoms. The lowest BCUT2D eigenvalue weighted by atomic mass is 9.94. The van der Waals surface area contributed by atoms with Crippen molar-refractivity contribution in [3.8, 4) is 11.5 Å². The number of methoxy groups -OCH3 is 2. The third-order valence-electron chi connectivity index (χ3n) is 5.64. The lowest BCUT2D eigenvalue weighted by Gasteiger charge is -2.39. The van der Waals surface area contributed by atoms with Gasteiger partial charge < -0.3 is 14.8 Å². The number of hydrogen-bond donors (Lipinski definition) is 1. The molecule has 0 saturated carbocycles. The molecule has 1 fully saturated rings. The monoisotopic (exact) mass is 388 g/mol. The van der Waals surface area contributed by atoms with Gasteiger partial charge in [0.05, 0.1) is 20.3 Å². The van der Waals surface area contributed by atoms with Crippen molar-refractivity contribution in [2.24, 2.45) is 0 Å². The lowest BCUT2D eigenvalue weighted by molar-refractivity contribution is 0.164. The van der Waals surface area contributed by atoms with Gasteiger partial charge in [-0.15, -0.1) is 0 Å². The van der Waals surface area contributed by atoms with E-state index in [9.17, 15) is 0 Å². The maximum Gasteiger partial charge on any atom is 0.118 e. The van der Waals surface area contributed by atoms with E-state index in [0.29, 0.717) is 6.04 Å². The molecule has 1 aliphatic rings. The first-order valence-corrected chi connectivity index (χ1v) is 10.1. The molecule has 0 bridgehead atoms. The van der Waals surface area contributed by atoms with Crippen LogP contribution in [0.2, 0.25) is 0 Å². The van der Waals surface area contributed by atoms with Gasteiger partial charge in [-0.1, -0.05) is 54.6 Å². The van der Waals surface area contributed by atoms with Crippen LogP contribution in [0.1, 0.15) is 28.8 Å². The van der Waals surface area contributed by atoms with Gasteiger partial charge in [-0.3, -0.25) is 4.90 Å². The van der Waals surface area contributed by atoms with Crippen LogP contribution in [0.4, 0.5) is 0 Å². The second kappa shape index (κ2) is 9.12. The summed E-state index contributed by atoms with van der Waals surface area (Å²) in [5.74, 6) is 1.76. The molecule has 0 amide bonds. The fourth-order valence-electron chi connectivity index (χ4n) is 4.10. The van der Waals surface area contributed by atoms with Crippen molar-refractivity contribution in [2.45, 2.75) is 12.1 Å². The normalized spacial score (nSPS) is 17.3. The molecule has 0 aliphatic carbocycles. The summed E-state index contributed by atoms with van der Waals surface area (Å²) in [4.78, 5) is 2.57. The van der Waals surface area contributed by atoms with Gasteiger partial charge in [0.15, 0.2) is 0 Å². The van der Waals surface area contributed by atoms with E-state index < -0.39 is 0 Å². The number of piperazine rings is 1. The number of ether oxygens (including phenoxy) is 2. The van der Waals surface area contributed by atoms with Crippen LogP contribution >= 0.6 is 0 Å². The van der Waals surface area contributed by atoms with E-state index in [1.165, 1.54) is 16.7 Å². The second-order valence-corrected chi connectivity index (χ2v) is 7.36. The van der Waals surface area contributed by atoms with Crippen LogP contribution in [0.5, 0.6) is 11.5 Å². The van der Waals surface area contributed by atoms with Crippen LogP contribution in [0.3, 0.4) is 0 Å². The predicted molar refractivity (Wildman–Crippen MR) is 117 cm³/mol. The molecule has 4 nitrogen and oxygen atoms in total. The molecule has 1 saturated heterocycles. The highest BCUT2D eigenvalue weighted by Gasteiger charge is 2.28. The van der Waals surface area contributed by atoms with Gasteiger partial charge in [-0.2, -0.15) is 0 Å². The standard InChI is InChI=1S/C25H28N2O2/c1-28-22-12-8-20(9-13-22)25(21-10-14-23(29-2)15-11-21)27-17-16-26-24(18-27)19-6-4-3-5-7-19/h3-15,24-26H,16-18H2,1-2H3. The van der Waals surface area contributed by atoms with Crippen molar-refractivity contribution in [3.63, 3.8) is 0 Å². The Bertz CT molecular complexity index is 847. The molecule has 1 unspecified atom stereocenters. The first-order chi connectivity index (χ1) is 14.3. The number of rotatable bonds is 6. The highest BCUT2D eigenvalue weighted by Crippen LogP contribution is 2.33. The van der Waals surface area contributed by atoms with Crippen molar-refractivity contribution in [1.82, 2.24) is 10.2 Å². The van der Waals surface area contributed by atoms with Gasteiger partial charge in [-0.25, -0.2) is 0 Å². The number of hydrogen-bond acceptors (Lipinski definition) is 4. The van der Waals surface area contributed by atoms with Crippen LogP contribution < -0.4 is 14.8 Å². The molecule has 150 valence electrons. The number of benzene rings is 3. The highest BCUT2D eigenvalue weighted by atomic mass is 16.5. The average Bonchev–Trinajstić information content (AvgIpc) is 2.81. The summed E-state index contributed by atoms with van der Waals surface area (Å²) in [5, 5.41) is 3.68. The molecule has 3 aromatic carbocycles. The zero-order valence-corrected chi connectivity index (χ0v) is 17.0. The summed E-state index contributed by atoms with van der Waals surface area (Å²) in [6, 6.07) is 28.1. The first kappa shape index (κ1) is 19.5. The minimum Gasteiger partial charge on any atom is -0.497 e. The summed E-state index contributed by atoms with van der Waals surface area (Å²) >= 11 is 0. The topological polar surface area (TPSA) is 33.7 Å². The largest absolute Gasteiger partial charge is 0.497 e. The molecule has 1 aliphatic heterocycles. The molecular formula is C25H28N2O2.